The highest BCUT2D eigenvalue weighted by molar-refractivity contribution is 7.98. The van der Waals surface area contributed by atoms with Crippen LogP contribution in [0.2, 0.25) is 0 Å². The van der Waals surface area contributed by atoms with Crippen LogP contribution in [0.15, 0.2) is 29.1 Å². The predicted octanol–water partition coefficient (Wildman–Crippen LogP) is 3.59. The predicted molar refractivity (Wildman–Crippen MR) is 116 cm³/mol. The number of fused-ring (bicyclic) bond motifs is 3. The van der Waals surface area contributed by atoms with E-state index in [1.54, 1.807) is 35.2 Å². The van der Waals surface area contributed by atoms with Gasteiger partial charge in [-0.1, -0.05) is 12.1 Å². The Morgan fingerprint density at radius 2 is 2.10 bits per heavy atom. The van der Waals surface area contributed by atoms with E-state index in [1.165, 1.54) is 22.6 Å². The van der Waals surface area contributed by atoms with Crippen LogP contribution in [-0.4, -0.2) is 28.2 Å². The molecule has 4 rings (SSSR count). The molecule has 8 heteroatoms. The molecule has 0 fully saturated rings. The third kappa shape index (κ3) is 4.87. The van der Waals surface area contributed by atoms with Crippen molar-refractivity contribution in [3.05, 3.63) is 62.3 Å². The number of rotatable bonds is 8. The number of aromatic amines is 1. The summed E-state index contributed by atoms with van der Waals surface area (Å²) in [6.45, 7) is 0.531. The first-order valence-corrected chi connectivity index (χ1v) is 11.7. The largest absolute Gasteiger partial charge is 0.356 e. The SMILES string of the molecule is O=C(CCSCc1nc2sc3c(c2c(=O)[nH]1)CCC3)NCCc1ccc(F)cc1. The van der Waals surface area contributed by atoms with Gasteiger partial charge in [-0.15, -0.1) is 11.3 Å². The van der Waals surface area contributed by atoms with E-state index in [1.807, 2.05) is 0 Å². The highest BCUT2D eigenvalue weighted by atomic mass is 32.2. The average molecular weight is 432 g/mol. The molecule has 2 heterocycles. The van der Waals surface area contributed by atoms with E-state index in [0.717, 1.165) is 35.0 Å². The number of H-pyrrole nitrogens is 1. The van der Waals surface area contributed by atoms with E-state index in [2.05, 4.69) is 15.3 Å². The maximum absolute atomic E-state index is 12.9. The van der Waals surface area contributed by atoms with Gasteiger partial charge >= 0.3 is 0 Å². The number of hydrogen-bond acceptors (Lipinski definition) is 5. The minimum absolute atomic E-state index is 0.00815. The summed E-state index contributed by atoms with van der Waals surface area (Å²) in [7, 11) is 0. The number of aryl methyl sites for hydroxylation is 2. The van der Waals surface area contributed by atoms with Crippen molar-refractivity contribution in [2.24, 2.45) is 0 Å². The van der Waals surface area contributed by atoms with Crippen molar-refractivity contribution in [1.82, 2.24) is 15.3 Å². The van der Waals surface area contributed by atoms with Crippen LogP contribution in [0, 0.1) is 5.82 Å². The van der Waals surface area contributed by atoms with Crippen LogP contribution in [0.4, 0.5) is 4.39 Å². The molecule has 1 aliphatic rings. The molecule has 0 radical (unpaired) electrons. The number of amides is 1. The topological polar surface area (TPSA) is 74.8 Å². The molecule has 0 aliphatic heterocycles. The molecule has 1 aromatic carbocycles. The molecular formula is C21H22FN3O2S2. The van der Waals surface area contributed by atoms with Gasteiger partial charge in [-0.2, -0.15) is 11.8 Å². The molecule has 0 atom stereocenters. The zero-order chi connectivity index (χ0) is 20.2. The Hall–Kier alpha value is -2.19. The van der Waals surface area contributed by atoms with Gasteiger partial charge in [0.25, 0.3) is 5.56 Å². The molecule has 5 nitrogen and oxygen atoms in total. The number of thioether (sulfide) groups is 1. The summed E-state index contributed by atoms with van der Waals surface area (Å²) < 4.78 is 12.9. The quantitative estimate of drug-likeness (QED) is 0.535. The zero-order valence-corrected chi connectivity index (χ0v) is 17.6. The Balaban J connectivity index is 1.21. The van der Waals surface area contributed by atoms with Gasteiger partial charge in [0.1, 0.15) is 16.5 Å². The first-order valence-electron chi connectivity index (χ1n) is 9.72. The molecule has 2 N–H and O–H groups in total. The lowest BCUT2D eigenvalue weighted by Gasteiger charge is -2.06. The van der Waals surface area contributed by atoms with Crippen LogP contribution in [0.5, 0.6) is 0 Å². The maximum atomic E-state index is 12.9. The first-order chi connectivity index (χ1) is 14.1. The lowest BCUT2D eigenvalue weighted by atomic mass is 10.1. The van der Waals surface area contributed by atoms with E-state index in [4.69, 9.17) is 0 Å². The van der Waals surface area contributed by atoms with Crippen LogP contribution in [-0.2, 0) is 29.8 Å². The van der Waals surface area contributed by atoms with Crippen LogP contribution < -0.4 is 10.9 Å². The van der Waals surface area contributed by atoms with Gasteiger partial charge in [-0.3, -0.25) is 9.59 Å². The molecule has 0 saturated heterocycles. The van der Waals surface area contributed by atoms with E-state index in [-0.39, 0.29) is 17.3 Å². The monoisotopic (exact) mass is 431 g/mol. The van der Waals surface area contributed by atoms with E-state index < -0.39 is 0 Å². The number of thiophene rings is 1. The molecule has 1 amide bonds. The Labute approximate surface area is 176 Å². The normalized spacial score (nSPS) is 13.0. The molecule has 0 saturated carbocycles. The molecule has 152 valence electrons. The van der Waals surface area contributed by atoms with Crippen molar-refractivity contribution in [2.45, 2.75) is 37.9 Å². The second-order valence-corrected chi connectivity index (χ2v) is 9.27. The lowest BCUT2D eigenvalue weighted by Crippen LogP contribution is -2.25. The molecule has 2 aromatic heterocycles. The number of benzene rings is 1. The van der Waals surface area contributed by atoms with Crippen molar-refractivity contribution in [3.63, 3.8) is 0 Å². The molecular weight excluding hydrogens is 409 g/mol. The number of aromatic nitrogens is 2. The van der Waals surface area contributed by atoms with Gasteiger partial charge in [0.2, 0.25) is 5.91 Å². The summed E-state index contributed by atoms with van der Waals surface area (Å²) in [5, 5.41) is 3.66. The maximum Gasteiger partial charge on any atom is 0.259 e. The number of nitrogens with zero attached hydrogens (tertiary/aromatic N) is 1. The van der Waals surface area contributed by atoms with Gasteiger partial charge in [0.05, 0.1) is 11.1 Å². The summed E-state index contributed by atoms with van der Waals surface area (Å²) in [4.78, 5) is 34.1. The minimum Gasteiger partial charge on any atom is -0.356 e. The fourth-order valence-electron chi connectivity index (χ4n) is 3.53. The summed E-state index contributed by atoms with van der Waals surface area (Å²) >= 11 is 3.23. The van der Waals surface area contributed by atoms with Gasteiger partial charge < -0.3 is 10.3 Å². The summed E-state index contributed by atoms with van der Waals surface area (Å²) in [6, 6.07) is 6.30. The van der Waals surface area contributed by atoms with Crippen molar-refractivity contribution in [2.75, 3.05) is 12.3 Å². The van der Waals surface area contributed by atoms with E-state index >= 15 is 0 Å². The Morgan fingerprint density at radius 3 is 2.93 bits per heavy atom. The number of carbonyl (C=O) groups excluding carboxylic acids is 1. The van der Waals surface area contributed by atoms with Crippen molar-refractivity contribution < 1.29 is 9.18 Å². The van der Waals surface area contributed by atoms with Gasteiger partial charge in [0.15, 0.2) is 0 Å². The first kappa shape index (κ1) is 20.1. The van der Waals surface area contributed by atoms with Crippen LogP contribution in [0.25, 0.3) is 10.2 Å². The molecule has 0 bridgehead atoms. The second-order valence-electron chi connectivity index (χ2n) is 7.08. The summed E-state index contributed by atoms with van der Waals surface area (Å²) in [6.07, 6.45) is 4.24. The second kappa shape index (κ2) is 9.09. The third-order valence-corrected chi connectivity index (χ3v) is 7.14. The molecule has 1 aliphatic carbocycles. The van der Waals surface area contributed by atoms with E-state index in [9.17, 15) is 14.0 Å². The van der Waals surface area contributed by atoms with Crippen molar-refractivity contribution >= 4 is 39.2 Å². The molecule has 29 heavy (non-hydrogen) atoms. The standard InChI is InChI=1S/C21H22FN3O2S2/c22-14-6-4-13(5-7-14)8-10-23-18(26)9-11-28-12-17-24-20(27)19-15-2-1-3-16(15)29-21(19)25-17/h4-7H,1-3,8-12H2,(H,23,26)(H,24,25,27). The van der Waals surface area contributed by atoms with Gasteiger partial charge in [0, 0.05) is 23.6 Å². The fraction of sp³-hybridized carbons (Fsp3) is 0.381. The molecule has 3 aromatic rings. The average Bonchev–Trinajstić information content (AvgIpc) is 3.27. The molecule has 0 spiro atoms. The Kier molecular flexibility index (Phi) is 6.30. The van der Waals surface area contributed by atoms with Gasteiger partial charge in [-0.05, 0) is 48.9 Å². The smallest absolute Gasteiger partial charge is 0.259 e. The third-order valence-electron chi connectivity index (χ3n) is 4.99. The summed E-state index contributed by atoms with van der Waals surface area (Å²) in [5.41, 5.74) is 2.14. The van der Waals surface area contributed by atoms with E-state index in [0.29, 0.717) is 36.7 Å². The number of carbonyl (C=O) groups is 1. The highest BCUT2D eigenvalue weighted by Crippen LogP contribution is 2.34. The minimum atomic E-state index is -0.257. The van der Waals surface area contributed by atoms with Crippen LogP contribution in [0.3, 0.4) is 0 Å². The van der Waals surface area contributed by atoms with Crippen LogP contribution in [0.1, 0.15) is 34.7 Å². The Bertz CT molecular complexity index is 1080. The number of hydrogen-bond donors (Lipinski definition) is 2. The molecule has 0 unspecified atom stereocenters. The van der Waals surface area contributed by atoms with Gasteiger partial charge in [-0.25, -0.2) is 9.37 Å². The Morgan fingerprint density at radius 1 is 1.28 bits per heavy atom. The lowest BCUT2D eigenvalue weighted by molar-refractivity contribution is -0.120. The highest BCUT2D eigenvalue weighted by Gasteiger charge is 2.21. The zero-order valence-electron chi connectivity index (χ0n) is 15.9. The van der Waals surface area contributed by atoms with Crippen molar-refractivity contribution in [1.29, 1.82) is 0 Å². The van der Waals surface area contributed by atoms with Crippen LogP contribution >= 0.6 is 23.1 Å². The number of halogens is 1. The fourth-order valence-corrected chi connectivity index (χ4v) is 5.62. The summed E-state index contributed by atoms with van der Waals surface area (Å²) in [5.74, 6) is 1.64. The van der Waals surface area contributed by atoms with Crippen molar-refractivity contribution in [3.8, 4) is 0 Å². The number of nitrogens with one attached hydrogen (secondary N) is 2.